The maximum absolute atomic E-state index is 14.1. The van der Waals surface area contributed by atoms with Crippen LogP contribution in [0.15, 0.2) is 24.3 Å². The van der Waals surface area contributed by atoms with E-state index in [9.17, 15) is 12.8 Å². The Kier molecular flexibility index (Phi) is 3.11. The van der Waals surface area contributed by atoms with E-state index in [0.29, 0.717) is 0 Å². The van der Waals surface area contributed by atoms with Crippen molar-refractivity contribution in [1.82, 2.24) is 0 Å². The molecule has 14 heavy (non-hydrogen) atoms. The third-order valence-electron chi connectivity index (χ3n) is 2.11. The molecule has 3 nitrogen and oxygen atoms in total. The predicted octanol–water partition coefficient (Wildman–Crippen LogP) is 1.78. The van der Waals surface area contributed by atoms with Gasteiger partial charge in [-0.05, 0) is 13.0 Å². The van der Waals surface area contributed by atoms with E-state index in [1.165, 1.54) is 26.0 Å². The van der Waals surface area contributed by atoms with Crippen molar-refractivity contribution in [3.05, 3.63) is 24.3 Å². The van der Waals surface area contributed by atoms with Crippen LogP contribution in [0, 0.1) is 5.92 Å². The van der Waals surface area contributed by atoms with Gasteiger partial charge in [0.05, 0.1) is 6.61 Å². The maximum Gasteiger partial charge on any atom is 0.307 e. The molecule has 0 N–H and O–H groups in total. The molecule has 1 aliphatic carbocycles. The van der Waals surface area contributed by atoms with Crippen molar-refractivity contribution in [1.29, 1.82) is 0 Å². The van der Waals surface area contributed by atoms with Gasteiger partial charge in [-0.1, -0.05) is 25.2 Å². The number of hydrogen-bond acceptors (Lipinski definition) is 3. The Labute approximate surface area is 83.4 Å². The van der Waals surface area contributed by atoms with Gasteiger partial charge in [0.15, 0.2) is 0 Å². The van der Waals surface area contributed by atoms with Gasteiger partial charge >= 0.3 is 10.1 Å². The van der Waals surface area contributed by atoms with Gasteiger partial charge in [-0.15, -0.1) is 0 Å². The SMILES string of the molecule is CCOS(=O)(=O)C1(F)C=CC=CC1C. The highest BCUT2D eigenvalue weighted by molar-refractivity contribution is 7.88. The van der Waals surface area contributed by atoms with Crippen LogP contribution in [0.4, 0.5) is 4.39 Å². The lowest BCUT2D eigenvalue weighted by Gasteiger charge is -2.27. The Morgan fingerprint density at radius 1 is 1.50 bits per heavy atom. The van der Waals surface area contributed by atoms with Crippen molar-refractivity contribution in [2.75, 3.05) is 6.61 Å². The molecule has 0 heterocycles. The molecule has 0 aromatic carbocycles. The first kappa shape index (κ1) is 11.4. The fourth-order valence-corrected chi connectivity index (χ4v) is 2.53. The number of rotatable bonds is 3. The average molecular weight is 220 g/mol. The molecule has 0 aliphatic heterocycles. The molecule has 0 saturated carbocycles. The van der Waals surface area contributed by atoms with Gasteiger partial charge in [0, 0.05) is 5.92 Å². The van der Waals surface area contributed by atoms with Crippen molar-refractivity contribution < 1.29 is 17.0 Å². The number of allylic oxidation sites excluding steroid dienone is 3. The zero-order valence-electron chi connectivity index (χ0n) is 8.10. The van der Waals surface area contributed by atoms with E-state index in [1.54, 1.807) is 6.08 Å². The lowest BCUT2D eigenvalue weighted by Crippen LogP contribution is -2.39. The summed E-state index contributed by atoms with van der Waals surface area (Å²) in [6.07, 6.45) is 5.50. The first-order valence-electron chi connectivity index (χ1n) is 4.38. The molecule has 80 valence electrons. The standard InChI is InChI=1S/C9H13FO3S/c1-3-13-14(11,12)9(10)7-5-4-6-8(9)2/h4-8H,3H2,1-2H3. The fourth-order valence-electron chi connectivity index (χ4n) is 1.26. The number of alkyl halides is 1. The van der Waals surface area contributed by atoms with Crippen LogP contribution in [0.1, 0.15) is 13.8 Å². The van der Waals surface area contributed by atoms with Crippen molar-refractivity contribution >= 4 is 10.1 Å². The molecule has 1 rings (SSSR count). The molecule has 0 radical (unpaired) electrons. The van der Waals surface area contributed by atoms with Gasteiger partial charge in [-0.25, -0.2) is 4.39 Å². The fraction of sp³-hybridized carbons (Fsp3) is 0.556. The van der Waals surface area contributed by atoms with Crippen LogP contribution in [0.3, 0.4) is 0 Å². The van der Waals surface area contributed by atoms with E-state index in [1.807, 2.05) is 0 Å². The first-order chi connectivity index (χ1) is 6.44. The summed E-state index contributed by atoms with van der Waals surface area (Å²) >= 11 is 0. The molecule has 2 atom stereocenters. The molecule has 0 spiro atoms. The molecule has 0 bridgehead atoms. The minimum Gasteiger partial charge on any atom is -0.268 e. The van der Waals surface area contributed by atoms with E-state index >= 15 is 0 Å². The molecule has 5 heteroatoms. The second kappa shape index (κ2) is 3.82. The molecule has 0 amide bonds. The summed E-state index contributed by atoms with van der Waals surface area (Å²) in [6, 6.07) is 0. The highest BCUT2D eigenvalue weighted by atomic mass is 32.2. The summed E-state index contributed by atoms with van der Waals surface area (Å²) in [5, 5.41) is -2.43. The van der Waals surface area contributed by atoms with Crippen LogP contribution in [0.2, 0.25) is 0 Å². The summed E-state index contributed by atoms with van der Waals surface area (Å²) in [5.41, 5.74) is 0. The van der Waals surface area contributed by atoms with E-state index in [2.05, 4.69) is 4.18 Å². The largest absolute Gasteiger partial charge is 0.307 e. The zero-order chi connectivity index (χ0) is 10.8. The third kappa shape index (κ3) is 1.74. The van der Waals surface area contributed by atoms with Gasteiger partial charge < -0.3 is 0 Å². The van der Waals surface area contributed by atoms with E-state index < -0.39 is 21.0 Å². The zero-order valence-corrected chi connectivity index (χ0v) is 8.92. The quantitative estimate of drug-likeness (QED) is 0.681. The highest BCUT2D eigenvalue weighted by Gasteiger charge is 2.47. The van der Waals surface area contributed by atoms with Gasteiger partial charge in [-0.3, -0.25) is 4.18 Å². The molecule has 0 aromatic heterocycles. The Balaban J connectivity index is 3.06. The van der Waals surface area contributed by atoms with Crippen LogP contribution in [0.5, 0.6) is 0 Å². The second-order valence-corrected chi connectivity index (χ2v) is 4.86. The predicted molar refractivity (Wildman–Crippen MR) is 51.8 cm³/mol. The van der Waals surface area contributed by atoms with E-state index in [0.717, 1.165) is 6.08 Å². The smallest absolute Gasteiger partial charge is 0.268 e. The summed E-state index contributed by atoms with van der Waals surface area (Å²) in [6.45, 7) is 2.95. The summed E-state index contributed by atoms with van der Waals surface area (Å²) in [7, 11) is -4.19. The van der Waals surface area contributed by atoms with Crippen LogP contribution >= 0.6 is 0 Å². The van der Waals surface area contributed by atoms with Crippen molar-refractivity contribution in [3.63, 3.8) is 0 Å². The second-order valence-electron chi connectivity index (χ2n) is 3.09. The molecular weight excluding hydrogens is 207 g/mol. The summed E-state index contributed by atoms with van der Waals surface area (Å²) in [5.74, 6) is -0.732. The lowest BCUT2D eigenvalue weighted by atomic mass is 10.0. The van der Waals surface area contributed by atoms with Crippen LogP contribution in [-0.4, -0.2) is 20.0 Å². The third-order valence-corrected chi connectivity index (χ3v) is 3.93. The Hall–Kier alpha value is -0.680. The summed E-state index contributed by atoms with van der Waals surface area (Å²) in [4.78, 5) is 0. The van der Waals surface area contributed by atoms with Crippen molar-refractivity contribution in [3.8, 4) is 0 Å². The summed E-state index contributed by atoms with van der Waals surface area (Å²) < 4.78 is 41.4. The van der Waals surface area contributed by atoms with Gasteiger partial charge in [0.25, 0.3) is 5.00 Å². The maximum atomic E-state index is 14.1. The van der Waals surface area contributed by atoms with E-state index in [-0.39, 0.29) is 6.61 Å². The van der Waals surface area contributed by atoms with Crippen LogP contribution < -0.4 is 0 Å². The molecule has 0 saturated heterocycles. The minimum atomic E-state index is -4.19. The number of hydrogen-bond donors (Lipinski definition) is 0. The lowest BCUT2D eigenvalue weighted by molar-refractivity contribution is 0.223. The van der Waals surface area contributed by atoms with Crippen molar-refractivity contribution in [2.24, 2.45) is 5.92 Å². The van der Waals surface area contributed by atoms with E-state index in [4.69, 9.17) is 0 Å². The Morgan fingerprint density at radius 2 is 2.14 bits per heavy atom. The monoisotopic (exact) mass is 220 g/mol. The highest BCUT2D eigenvalue weighted by Crippen LogP contribution is 2.34. The number of halogens is 1. The molecular formula is C9H13FO3S. The first-order valence-corrected chi connectivity index (χ1v) is 5.79. The topological polar surface area (TPSA) is 43.4 Å². The van der Waals surface area contributed by atoms with Gasteiger partial charge in [0.1, 0.15) is 0 Å². The average Bonchev–Trinajstić information content (AvgIpc) is 2.10. The Bertz CT molecular complexity index is 358. The molecule has 0 fully saturated rings. The normalized spacial score (nSPS) is 32.1. The van der Waals surface area contributed by atoms with Gasteiger partial charge in [-0.2, -0.15) is 8.42 Å². The van der Waals surface area contributed by atoms with Crippen LogP contribution in [0.25, 0.3) is 0 Å². The minimum absolute atomic E-state index is 0.0573. The van der Waals surface area contributed by atoms with Gasteiger partial charge in [0.2, 0.25) is 0 Å². The molecule has 2 unspecified atom stereocenters. The molecule has 1 aliphatic rings. The molecule has 0 aromatic rings. The van der Waals surface area contributed by atoms with Crippen LogP contribution in [-0.2, 0) is 14.3 Å². The van der Waals surface area contributed by atoms with Crippen molar-refractivity contribution in [2.45, 2.75) is 18.8 Å². The Morgan fingerprint density at radius 3 is 2.64 bits per heavy atom.